The van der Waals surface area contributed by atoms with E-state index in [2.05, 4.69) is 10.4 Å². The van der Waals surface area contributed by atoms with E-state index in [4.69, 9.17) is 11.6 Å². The van der Waals surface area contributed by atoms with Gasteiger partial charge >= 0.3 is 0 Å². The molecule has 0 aliphatic heterocycles. The molecule has 0 radical (unpaired) electrons. The Labute approximate surface area is 150 Å². The molecule has 2 aromatic heterocycles. The Morgan fingerprint density at radius 2 is 2.08 bits per heavy atom. The SMILES string of the molecule is CCC(C)NC(=O)c1cc(-c2cccs2)nn1-c1ccc(Cl)cc1. The van der Waals surface area contributed by atoms with Crippen molar-refractivity contribution in [2.75, 3.05) is 0 Å². The number of aromatic nitrogens is 2. The summed E-state index contributed by atoms with van der Waals surface area (Å²) in [5.41, 5.74) is 2.10. The lowest BCUT2D eigenvalue weighted by atomic mass is 10.2. The number of amides is 1. The van der Waals surface area contributed by atoms with Crippen molar-refractivity contribution >= 4 is 28.8 Å². The van der Waals surface area contributed by atoms with Gasteiger partial charge in [-0.15, -0.1) is 11.3 Å². The second-order valence-corrected chi connectivity index (χ2v) is 6.95. The summed E-state index contributed by atoms with van der Waals surface area (Å²) in [6.45, 7) is 4.03. The smallest absolute Gasteiger partial charge is 0.270 e. The van der Waals surface area contributed by atoms with E-state index in [1.807, 2.05) is 49.6 Å². The molecule has 2 heterocycles. The van der Waals surface area contributed by atoms with Crippen LogP contribution in [-0.2, 0) is 0 Å². The number of nitrogens with one attached hydrogen (secondary N) is 1. The molecule has 4 nitrogen and oxygen atoms in total. The molecule has 0 saturated heterocycles. The highest BCUT2D eigenvalue weighted by atomic mass is 35.5. The zero-order chi connectivity index (χ0) is 17.1. The van der Waals surface area contributed by atoms with Crippen molar-refractivity contribution in [1.82, 2.24) is 15.1 Å². The fourth-order valence-electron chi connectivity index (χ4n) is 2.27. The van der Waals surface area contributed by atoms with Crippen molar-refractivity contribution in [3.05, 3.63) is 58.6 Å². The number of hydrogen-bond donors (Lipinski definition) is 1. The number of thiophene rings is 1. The van der Waals surface area contributed by atoms with Gasteiger partial charge in [0, 0.05) is 11.1 Å². The van der Waals surface area contributed by atoms with Crippen LogP contribution < -0.4 is 5.32 Å². The van der Waals surface area contributed by atoms with Crippen molar-refractivity contribution in [2.45, 2.75) is 26.3 Å². The topological polar surface area (TPSA) is 46.9 Å². The summed E-state index contributed by atoms with van der Waals surface area (Å²) < 4.78 is 1.67. The highest BCUT2D eigenvalue weighted by molar-refractivity contribution is 7.13. The minimum absolute atomic E-state index is 0.108. The van der Waals surface area contributed by atoms with Crippen LogP contribution in [0.25, 0.3) is 16.3 Å². The minimum Gasteiger partial charge on any atom is -0.348 e. The van der Waals surface area contributed by atoms with Gasteiger partial charge in [-0.2, -0.15) is 5.10 Å². The molecule has 1 aromatic carbocycles. The van der Waals surface area contributed by atoms with E-state index in [9.17, 15) is 4.79 Å². The third-order valence-corrected chi connectivity index (χ3v) is 4.92. The molecule has 3 aromatic rings. The van der Waals surface area contributed by atoms with Crippen LogP contribution in [-0.4, -0.2) is 21.7 Å². The lowest BCUT2D eigenvalue weighted by Gasteiger charge is -2.12. The lowest BCUT2D eigenvalue weighted by Crippen LogP contribution is -2.33. The monoisotopic (exact) mass is 359 g/mol. The summed E-state index contributed by atoms with van der Waals surface area (Å²) >= 11 is 7.57. The Morgan fingerprint density at radius 1 is 1.33 bits per heavy atom. The van der Waals surface area contributed by atoms with Gasteiger partial charge in [-0.05, 0) is 55.1 Å². The molecule has 0 saturated carbocycles. The first kappa shape index (κ1) is 16.7. The van der Waals surface area contributed by atoms with Gasteiger partial charge in [-0.3, -0.25) is 4.79 Å². The van der Waals surface area contributed by atoms with Gasteiger partial charge in [-0.1, -0.05) is 24.6 Å². The number of nitrogens with zero attached hydrogens (tertiary/aromatic N) is 2. The van der Waals surface area contributed by atoms with Crippen molar-refractivity contribution in [2.24, 2.45) is 0 Å². The quantitative estimate of drug-likeness (QED) is 0.712. The zero-order valence-electron chi connectivity index (χ0n) is 13.5. The number of halogens is 1. The van der Waals surface area contributed by atoms with Gasteiger partial charge in [-0.25, -0.2) is 4.68 Å². The third-order valence-electron chi connectivity index (χ3n) is 3.78. The van der Waals surface area contributed by atoms with E-state index in [0.29, 0.717) is 10.7 Å². The summed E-state index contributed by atoms with van der Waals surface area (Å²) in [4.78, 5) is 13.7. The molecule has 24 heavy (non-hydrogen) atoms. The minimum atomic E-state index is -0.130. The summed E-state index contributed by atoms with van der Waals surface area (Å²) in [7, 11) is 0. The van der Waals surface area contributed by atoms with E-state index < -0.39 is 0 Å². The van der Waals surface area contributed by atoms with Crippen LogP contribution in [0.1, 0.15) is 30.8 Å². The lowest BCUT2D eigenvalue weighted by molar-refractivity contribution is 0.0931. The predicted molar refractivity (Wildman–Crippen MR) is 99.1 cm³/mol. The first-order valence-corrected chi connectivity index (χ1v) is 9.05. The van der Waals surface area contributed by atoms with Gasteiger partial charge in [0.1, 0.15) is 11.4 Å². The summed E-state index contributed by atoms with van der Waals surface area (Å²) in [5, 5.41) is 10.3. The Bertz CT molecular complexity index is 825. The maximum absolute atomic E-state index is 12.7. The number of rotatable bonds is 5. The molecule has 0 aliphatic carbocycles. The molecular formula is C18H18ClN3OS. The fraction of sp³-hybridized carbons (Fsp3) is 0.222. The Balaban J connectivity index is 2.04. The number of carbonyl (C=O) groups excluding carboxylic acids is 1. The van der Waals surface area contributed by atoms with Gasteiger partial charge in [0.15, 0.2) is 0 Å². The molecule has 1 N–H and O–H groups in total. The first-order valence-electron chi connectivity index (χ1n) is 7.79. The molecule has 0 bridgehead atoms. The van der Waals surface area contributed by atoms with E-state index >= 15 is 0 Å². The molecule has 3 rings (SSSR count). The van der Waals surface area contributed by atoms with E-state index in [1.54, 1.807) is 28.2 Å². The number of hydrogen-bond acceptors (Lipinski definition) is 3. The molecule has 0 spiro atoms. The molecule has 1 unspecified atom stereocenters. The van der Waals surface area contributed by atoms with Crippen LogP contribution >= 0.6 is 22.9 Å². The van der Waals surface area contributed by atoms with Crippen molar-refractivity contribution in [1.29, 1.82) is 0 Å². The summed E-state index contributed by atoms with van der Waals surface area (Å²) in [6.07, 6.45) is 0.874. The highest BCUT2D eigenvalue weighted by Gasteiger charge is 2.19. The van der Waals surface area contributed by atoms with Gasteiger partial charge in [0.05, 0.1) is 10.6 Å². The van der Waals surface area contributed by atoms with Gasteiger partial charge < -0.3 is 5.32 Å². The molecule has 1 atom stereocenters. The maximum atomic E-state index is 12.7. The molecule has 0 aliphatic rings. The van der Waals surface area contributed by atoms with E-state index in [0.717, 1.165) is 22.7 Å². The predicted octanol–water partition coefficient (Wildman–Crippen LogP) is 4.78. The zero-order valence-corrected chi connectivity index (χ0v) is 15.1. The van der Waals surface area contributed by atoms with Gasteiger partial charge in [0.25, 0.3) is 5.91 Å². The van der Waals surface area contributed by atoms with Crippen LogP contribution in [0, 0.1) is 0 Å². The molecular weight excluding hydrogens is 342 g/mol. The van der Waals surface area contributed by atoms with E-state index in [-0.39, 0.29) is 11.9 Å². The first-order chi connectivity index (χ1) is 11.6. The molecule has 0 fully saturated rings. The van der Waals surface area contributed by atoms with Crippen LogP contribution in [0.3, 0.4) is 0 Å². The van der Waals surface area contributed by atoms with Crippen molar-refractivity contribution in [3.63, 3.8) is 0 Å². The summed E-state index contributed by atoms with van der Waals surface area (Å²) in [6, 6.07) is 13.2. The Hall–Kier alpha value is -2.11. The number of carbonyl (C=O) groups is 1. The largest absolute Gasteiger partial charge is 0.348 e. The molecule has 1 amide bonds. The average Bonchev–Trinajstić information content (AvgIpc) is 3.24. The van der Waals surface area contributed by atoms with Gasteiger partial charge in [0.2, 0.25) is 0 Å². The molecule has 124 valence electrons. The average molecular weight is 360 g/mol. The van der Waals surface area contributed by atoms with Crippen LogP contribution in [0.5, 0.6) is 0 Å². The summed E-state index contributed by atoms with van der Waals surface area (Å²) in [5.74, 6) is -0.130. The number of benzene rings is 1. The normalized spacial score (nSPS) is 12.1. The maximum Gasteiger partial charge on any atom is 0.270 e. The second kappa shape index (κ2) is 7.20. The van der Waals surface area contributed by atoms with Crippen LogP contribution in [0.4, 0.5) is 0 Å². The van der Waals surface area contributed by atoms with E-state index in [1.165, 1.54) is 0 Å². The third kappa shape index (κ3) is 3.52. The van der Waals surface area contributed by atoms with Crippen LogP contribution in [0.15, 0.2) is 47.8 Å². The second-order valence-electron chi connectivity index (χ2n) is 5.56. The van der Waals surface area contributed by atoms with Crippen molar-refractivity contribution in [3.8, 4) is 16.3 Å². The van der Waals surface area contributed by atoms with Crippen molar-refractivity contribution < 1.29 is 4.79 Å². The Morgan fingerprint density at radius 3 is 2.71 bits per heavy atom. The fourth-order valence-corrected chi connectivity index (χ4v) is 3.07. The Kier molecular flexibility index (Phi) is 5.02. The molecule has 6 heteroatoms. The highest BCUT2D eigenvalue weighted by Crippen LogP contribution is 2.26. The standard InChI is InChI=1S/C18H18ClN3OS/c1-3-12(2)20-18(23)16-11-15(17-5-4-10-24-17)21-22(16)14-8-6-13(19)7-9-14/h4-12H,3H2,1-2H3,(H,20,23). The van der Waals surface area contributed by atoms with Crippen LogP contribution in [0.2, 0.25) is 5.02 Å².